The summed E-state index contributed by atoms with van der Waals surface area (Å²) in [7, 11) is -1.20. The van der Waals surface area contributed by atoms with Crippen LogP contribution in [0.4, 0.5) is 5.82 Å². The molecule has 0 saturated carbocycles. The van der Waals surface area contributed by atoms with Crippen LogP contribution in [0.15, 0.2) is 36.5 Å². The van der Waals surface area contributed by atoms with Crippen molar-refractivity contribution >= 4 is 25.8 Å². The van der Waals surface area contributed by atoms with Crippen LogP contribution in [0.2, 0.25) is 25.7 Å². The molecule has 4 rings (SSSR count). The first kappa shape index (κ1) is 19.8. The van der Waals surface area contributed by atoms with E-state index in [1.807, 2.05) is 18.2 Å². The summed E-state index contributed by atoms with van der Waals surface area (Å²) < 4.78 is 5.87. The number of amides is 1. The van der Waals surface area contributed by atoms with Crippen LogP contribution in [0.5, 0.6) is 0 Å². The van der Waals surface area contributed by atoms with Crippen molar-refractivity contribution in [2.75, 3.05) is 18.2 Å². The van der Waals surface area contributed by atoms with Gasteiger partial charge in [0.25, 0.3) is 0 Å². The number of carbonyl (C=O) groups excluding carboxylic acids is 1. The summed E-state index contributed by atoms with van der Waals surface area (Å²) in [5, 5.41) is 9.30. The molecule has 0 unspecified atom stereocenters. The average Bonchev–Trinajstić information content (AvgIpc) is 3.15. The zero-order chi connectivity index (χ0) is 20.8. The van der Waals surface area contributed by atoms with Crippen LogP contribution in [-0.4, -0.2) is 43.4 Å². The van der Waals surface area contributed by atoms with E-state index in [1.54, 1.807) is 23.2 Å². The van der Waals surface area contributed by atoms with Gasteiger partial charge in [0.15, 0.2) is 0 Å². The topological polar surface area (TPSA) is 79.7 Å². The molecule has 0 saturated heterocycles. The third kappa shape index (κ3) is 3.49. The van der Waals surface area contributed by atoms with Crippen LogP contribution in [0, 0.1) is 0 Å². The quantitative estimate of drug-likeness (QED) is 0.583. The first-order chi connectivity index (χ1) is 13.7. The van der Waals surface area contributed by atoms with E-state index in [9.17, 15) is 14.7 Å². The summed E-state index contributed by atoms with van der Waals surface area (Å²) in [5.74, 6) is -0.296. The van der Waals surface area contributed by atoms with Crippen molar-refractivity contribution in [2.24, 2.45) is 0 Å². The average molecular weight is 411 g/mol. The lowest BCUT2D eigenvalue weighted by Crippen LogP contribution is -2.42. The summed E-state index contributed by atoms with van der Waals surface area (Å²) in [6, 6.07) is 10.0. The number of ether oxygens (including phenoxy) is 1. The highest BCUT2D eigenvalue weighted by Gasteiger charge is 2.54. The Morgan fingerprint density at radius 3 is 2.72 bits per heavy atom. The fourth-order valence-electron chi connectivity index (χ4n) is 4.26. The van der Waals surface area contributed by atoms with Gasteiger partial charge in [-0.1, -0.05) is 31.8 Å². The van der Waals surface area contributed by atoms with E-state index < -0.39 is 19.5 Å². The number of fused-ring (bicyclic) bond motifs is 3. The van der Waals surface area contributed by atoms with Crippen LogP contribution in [0.3, 0.4) is 0 Å². The highest BCUT2D eigenvalue weighted by atomic mass is 28.3. The fourth-order valence-corrected chi connectivity index (χ4v) is 5.02. The summed E-state index contributed by atoms with van der Waals surface area (Å²) in [6.45, 7) is 7.72. The van der Waals surface area contributed by atoms with Gasteiger partial charge in [0.05, 0.1) is 11.0 Å². The van der Waals surface area contributed by atoms with E-state index >= 15 is 0 Å². The fraction of sp³-hybridized carbons (Fsp3) is 0.409. The SMILES string of the molecule is C[Si](C)(C)CCOCN1C(=O)[C@@]2(Cc3ccc(C(=O)O)cc3C2)c2cccnc21. The molecule has 1 spiro atoms. The van der Waals surface area contributed by atoms with Crippen LogP contribution in [0.1, 0.15) is 27.0 Å². The van der Waals surface area contributed by atoms with Gasteiger partial charge in [-0.25, -0.2) is 9.78 Å². The largest absolute Gasteiger partial charge is 0.478 e. The Balaban J connectivity index is 1.61. The van der Waals surface area contributed by atoms with E-state index in [1.165, 1.54) is 0 Å². The number of benzene rings is 1. The van der Waals surface area contributed by atoms with Crippen LogP contribution < -0.4 is 4.90 Å². The number of nitrogens with zero attached hydrogens (tertiary/aromatic N) is 2. The number of carboxylic acid groups (broad SMARTS) is 1. The molecule has 1 N–H and O–H groups in total. The predicted octanol–water partition coefficient (Wildman–Crippen LogP) is 3.48. The number of rotatable bonds is 6. The van der Waals surface area contributed by atoms with Crippen molar-refractivity contribution < 1.29 is 19.4 Å². The summed E-state index contributed by atoms with van der Waals surface area (Å²) >= 11 is 0. The zero-order valence-electron chi connectivity index (χ0n) is 17.1. The molecule has 6 nitrogen and oxygen atoms in total. The molecule has 0 radical (unpaired) electrons. The van der Waals surface area contributed by atoms with Crippen LogP contribution >= 0.6 is 0 Å². The van der Waals surface area contributed by atoms with Gasteiger partial charge in [0.1, 0.15) is 12.5 Å². The van der Waals surface area contributed by atoms with Crippen LogP contribution in [0.25, 0.3) is 0 Å². The van der Waals surface area contributed by atoms with Crippen molar-refractivity contribution in [3.63, 3.8) is 0 Å². The maximum absolute atomic E-state index is 13.6. The highest BCUT2D eigenvalue weighted by Crippen LogP contribution is 2.49. The maximum Gasteiger partial charge on any atom is 0.335 e. The molecule has 2 heterocycles. The Kier molecular flexibility index (Phi) is 4.83. The number of carbonyl (C=O) groups is 2. The van der Waals surface area contributed by atoms with Gasteiger partial charge in [0.2, 0.25) is 5.91 Å². The summed E-state index contributed by atoms with van der Waals surface area (Å²) in [6.07, 6.45) is 2.75. The maximum atomic E-state index is 13.6. The lowest BCUT2D eigenvalue weighted by atomic mass is 9.79. The van der Waals surface area contributed by atoms with Crippen molar-refractivity contribution in [3.8, 4) is 0 Å². The first-order valence-corrected chi connectivity index (χ1v) is 13.6. The van der Waals surface area contributed by atoms with Crippen molar-refractivity contribution in [1.82, 2.24) is 4.98 Å². The second-order valence-corrected chi connectivity index (χ2v) is 14.8. The molecule has 7 heteroatoms. The van der Waals surface area contributed by atoms with E-state index in [0.29, 0.717) is 25.3 Å². The number of pyridine rings is 1. The number of aromatic carboxylic acids is 1. The Hall–Kier alpha value is -2.51. The van der Waals surface area contributed by atoms with Gasteiger partial charge in [-0.2, -0.15) is 0 Å². The number of anilines is 1. The minimum atomic E-state index is -1.20. The molecule has 1 aromatic carbocycles. The molecule has 1 atom stereocenters. The monoisotopic (exact) mass is 410 g/mol. The molecule has 29 heavy (non-hydrogen) atoms. The molecular weight excluding hydrogens is 384 g/mol. The molecule has 1 aromatic heterocycles. The summed E-state index contributed by atoms with van der Waals surface area (Å²) in [4.78, 5) is 31.1. The predicted molar refractivity (Wildman–Crippen MR) is 113 cm³/mol. The normalized spacial score (nSPS) is 20.2. The minimum absolute atomic E-state index is 0.00715. The zero-order valence-corrected chi connectivity index (χ0v) is 18.1. The standard InChI is InChI=1S/C22H26N2O4Si/c1-29(2,3)10-9-28-14-24-19-18(5-4-8-23-19)22(21(24)27)12-16-7-6-15(20(25)26)11-17(16)13-22/h4-8,11H,9-10,12-14H2,1-3H3,(H,25,26)/t22-/m1/s1. The van der Waals surface area contributed by atoms with Gasteiger partial charge in [-0.05, 0) is 48.2 Å². The lowest BCUT2D eigenvalue weighted by Gasteiger charge is -2.23. The minimum Gasteiger partial charge on any atom is -0.478 e. The number of aromatic nitrogens is 1. The lowest BCUT2D eigenvalue weighted by molar-refractivity contribution is -0.124. The number of hydrogen-bond donors (Lipinski definition) is 1. The smallest absolute Gasteiger partial charge is 0.335 e. The van der Waals surface area contributed by atoms with Gasteiger partial charge >= 0.3 is 5.97 Å². The Bertz CT molecular complexity index is 985. The van der Waals surface area contributed by atoms with Crippen molar-refractivity contribution in [3.05, 3.63) is 58.8 Å². The van der Waals surface area contributed by atoms with E-state index in [2.05, 4.69) is 24.6 Å². The molecule has 2 aromatic rings. The molecule has 2 aliphatic rings. The van der Waals surface area contributed by atoms with E-state index in [-0.39, 0.29) is 18.2 Å². The van der Waals surface area contributed by atoms with Crippen molar-refractivity contribution in [1.29, 1.82) is 0 Å². The van der Waals surface area contributed by atoms with Gasteiger partial charge in [-0.15, -0.1) is 0 Å². The Morgan fingerprint density at radius 2 is 2.00 bits per heavy atom. The number of carboxylic acids is 1. The Labute approximate surface area is 171 Å². The molecule has 1 aliphatic heterocycles. The second kappa shape index (κ2) is 7.07. The van der Waals surface area contributed by atoms with Gasteiger partial charge in [0, 0.05) is 26.4 Å². The third-order valence-corrected chi connectivity index (χ3v) is 7.57. The number of hydrogen-bond acceptors (Lipinski definition) is 4. The molecule has 1 aliphatic carbocycles. The highest BCUT2D eigenvalue weighted by molar-refractivity contribution is 6.76. The molecule has 0 bridgehead atoms. The summed E-state index contributed by atoms with van der Waals surface area (Å²) in [5.41, 5.74) is 2.40. The molecule has 1 amide bonds. The first-order valence-electron chi connectivity index (χ1n) is 9.92. The second-order valence-electron chi connectivity index (χ2n) is 9.18. The third-order valence-electron chi connectivity index (χ3n) is 5.87. The van der Waals surface area contributed by atoms with Crippen molar-refractivity contribution in [2.45, 2.75) is 43.9 Å². The van der Waals surface area contributed by atoms with Crippen LogP contribution in [-0.2, 0) is 27.8 Å². The van der Waals surface area contributed by atoms with E-state index in [4.69, 9.17) is 4.74 Å². The van der Waals surface area contributed by atoms with Gasteiger partial charge < -0.3 is 9.84 Å². The van der Waals surface area contributed by atoms with Gasteiger partial charge in [-0.3, -0.25) is 9.69 Å². The molecule has 152 valence electrons. The molecule has 0 fully saturated rings. The Morgan fingerprint density at radius 1 is 1.24 bits per heavy atom. The molecular formula is C22H26N2O4Si. The van der Waals surface area contributed by atoms with E-state index in [0.717, 1.165) is 22.7 Å².